The molecule has 3 saturated carbocycles. The smallest absolute Gasteiger partial charge is 0.0462 e. The van der Waals surface area contributed by atoms with Crippen LogP contribution in [0, 0.1) is 41.4 Å². The molecule has 0 heterocycles. The van der Waals surface area contributed by atoms with Crippen LogP contribution in [0.4, 0.5) is 0 Å². The van der Waals surface area contributed by atoms with E-state index in [1.165, 1.54) is 19.3 Å². The molecule has 1 N–H and O–H groups in total. The Hall–Kier alpha value is -0.300. The molecule has 0 aromatic rings. The van der Waals surface area contributed by atoms with Crippen molar-refractivity contribution in [3.8, 4) is 0 Å². The van der Waals surface area contributed by atoms with E-state index in [4.69, 9.17) is 0 Å². The molecular formula is C13H18O. The van der Waals surface area contributed by atoms with Crippen molar-refractivity contribution in [1.82, 2.24) is 0 Å². The first kappa shape index (κ1) is 7.92. The van der Waals surface area contributed by atoms with E-state index in [1.807, 2.05) is 0 Å². The predicted molar refractivity (Wildman–Crippen MR) is 54.5 cm³/mol. The Morgan fingerprint density at radius 1 is 1.00 bits per heavy atom. The standard InChI is InChI=1S/C13H18O/c14-6-10-4-9-5-11(10)13-8-2-1-7(3-8)12(9)13/h1-2,7-14H,3-6H2/t7-,8?,9+,10?,11+,12?,13?/m1/s1. The molecule has 4 aliphatic carbocycles. The molecule has 4 aliphatic rings. The lowest BCUT2D eigenvalue weighted by Gasteiger charge is -2.35. The molecule has 0 aromatic carbocycles. The van der Waals surface area contributed by atoms with Crippen LogP contribution < -0.4 is 0 Å². The highest BCUT2D eigenvalue weighted by Gasteiger charge is 2.60. The van der Waals surface area contributed by atoms with Crippen LogP contribution in [0.25, 0.3) is 0 Å². The summed E-state index contributed by atoms with van der Waals surface area (Å²) >= 11 is 0. The quantitative estimate of drug-likeness (QED) is 0.496. The SMILES string of the molecule is OCC1C[C@H]2C[C@@H]1C1C3C=C[C@H](C3)C12. The van der Waals surface area contributed by atoms with Crippen LogP contribution in [-0.2, 0) is 0 Å². The first-order valence-electron chi connectivity index (χ1n) is 6.17. The average Bonchev–Trinajstić information content (AvgIpc) is 2.94. The van der Waals surface area contributed by atoms with E-state index in [0.717, 1.165) is 35.5 Å². The highest BCUT2D eigenvalue weighted by molar-refractivity contribution is 5.20. The minimum atomic E-state index is 0.450. The zero-order chi connectivity index (χ0) is 9.28. The number of aliphatic hydroxyl groups is 1. The molecule has 0 radical (unpaired) electrons. The minimum absolute atomic E-state index is 0.450. The van der Waals surface area contributed by atoms with Crippen molar-refractivity contribution >= 4 is 0 Å². The molecule has 4 bridgehead atoms. The van der Waals surface area contributed by atoms with Gasteiger partial charge in [0, 0.05) is 6.61 Å². The first-order valence-corrected chi connectivity index (χ1v) is 6.17. The Morgan fingerprint density at radius 3 is 2.57 bits per heavy atom. The normalized spacial score (nSPS) is 62.5. The van der Waals surface area contributed by atoms with E-state index >= 15 is 0 Å². The fourth-order valence-corrected chi connectivity index (χ4v) is 5.36. The van der Waals surface area contributed by atoms with Gasteiger partial charge in [0.25, 0.3) is 0 Å². The van der Waals surface area contributed by atoms with Gasteiger partial charge in [-0.25, -0.2) is 0 Å². The molecule has 76 valence electrons. The summed E-state index contributed by atoms with van der Waals surface area (Å²) in [7, 11) is 0. The molecule has 4 rings (SSSR count). The summed E-state index contributed by atoms with van der Waals surface area (Å²) < 4.78 is 0. The minimum Gasteiger partial charge on any atom is -0.396 e. The van der Waals surface area contributed by atoms with Gasteiger partial charge in [0.1, 0.15) is 0 Å². The number of fused-ring (bicyclic) bond motifs is 9. The number of hydrogen-bond acceptors (Lipinski definition) is 1. The largest absolute Gasteiger partial charge is 0.396 e. The second-order valence-corrected chi connectivity index (χ2v) is 5.94. The molecular weight excluding hydrogens is 172 g/mol. The van der Waals surface area contributed by atoms with Gasteiger partial charge in [-0.3, -0.25) is 0 Å². The van der Waals surface area contributed by atoms with Crippen molar-refractivity contribution in [2.45, 2.75) is 19.3 Å². The third-order valence-electron chi connectivity index (χ3n) is 5.64. The van der Waals surface area contributed by atoms with E-state index in [9.17, 15) is 5.11 Å². The first-order chi connectivity index (χ1) is 6.88. The summed E-state index contributed by atoms with van der Waals surface area (Å²) in [5, 5.41) is 9.36. The summed E-state index contributed by atoms with van der Waals surface area (Å²) in [6, 6.07) is 0. The molecule has 1 heteroatoms. The molecule has 3 fully saturated rings. The Bertz CT molecular complexity index is 296. The van der Waals surface area contributed by atoms with Crippen LogP contribution in [0.1, 0.15) is 19.3 Å². The highest BCUT2D eigenvalue weighted by atomic mass is 16.3. The zero-order valence-electron chi connectivity index (χ0n) is 8.47. The van der Waals surface area contributed by atoms with Crippen LogP contribution >= 0.6 is 0 Å². The second-order valence-electron chi connectivity index (χ2n) is 5.94. The lowest BCUT2D eigenvalue weighted by atomic mass is 9.70. The lowest BCUT2D eigenvalue weighted by Crippen LogP contribution is -2.32. The Balaban J connectivity index is 1.72. The topological polar surface area (TPSA) is 20.2 Å². The zero-order valence-corrected chi connectivity index (χ0v) is 8.47. The number of allylic oxidation sites excluding steroid dienone is 2. The van der Waals surface area contributed by atoms with Gasteiger partial charge in [-0.15, -0.1) is 0 Å². The van der Waals surface area contributed by atoms with Crippen LogP contribution in [0.15, 0.2) is 12.2 Å². The van der Waals surface area contributed by atoms with Crippen molar-refractivity contribution in [1.29, 1.82) is 0 Å². The molecule has 7 atom stereocenters. The van der Waals surface area contributed by atoms with Crippen molar-refractivity contribution in [3.05, 3.63) is 12.2 Å². The summed E-state index contributed by atoms with van der Waals surface area (Å²) in [6.07, 6.45) is 9.18. The van der Waals surface area contributed by atoms with Crippen molar-refractivity contribution in [2.24, 2.45) is 41.4 Å². The van der Waals surface area contributed by atoms with E-state index < -0.39 is 0 Å². The molecule has 1 nitrogen and oxygen atoms in total. The molecule has 0 saturated heterocycles. The van der Waals surface area contributed by atoms with Crippen LogP contribution in [0.5, 0.6) is 0 Å². The van der Waals surface area contributed by atoms with Crippen molar-refractivity contribution < 1.29 is 5.11 Å². The molecule has 0 aromatic heterocycles. The monoisotopic (exact) mass is 190 g/mol. The van der Waals surface area contributed by atoms with Gasteiger partial charge in [0.15, 0.2) is 0 Å². The fourth-order valence-electron chi connectivity index (χ4n) is 5.36. The average molecular weight is 190 g/mol. The lowest BCUT2D eigenvalue weighted by molar-refractivity contribution is 0.0995. The molecule has 14 heavy (non-hydrogen) atoms. The summed E-state index contributed by atoms with van der Waals surface area (Å²) in [5.41, 5.74) is 0. The van der Waals surface area contributed by atoms with Crippen LogP contribution in [0.3, 0.4) is 0 Å². The maximum Gasteiger partial charge on any atom is 0.0462 e. The van der Waals surface area contributed by atoms with Gasteiger partial charge in [-0.2, -0.15) is 0 Å². The third-order valence-corrected chi connectivity index (χ3v) is 5.64. The van der Waals surface area contributed by atoms with Crippen LogP contribution in [0.2, 0.25) is 0 Å². The van der Waals surface area contributed by atoms with Crippen molar-refractivity contribution in [3.63, 3.8) is 0 Å². The maximum atomic E-state index is 9.36. The fraction of sp³-hybridized carbons (Fsp3) is 0.846. The highest BCUT2D eigenvalue weighted by Crippen LogP contribution is 2.66. The Kier molecular flexibility index (Phi) is 1.38. The third kappa shape index (κ3) is 0.735. The molecule has 0 spiro atoms. The molecule has 4 unspecified atom stereocenters. The van der Waals surface area contributed by atoms with E-state index in [2.05, 4.69) is 12.2 Å². The van der Waals surface area contributed by atoms with E-state index in [0.29, 0.717) is 12.5 Å². The number of aliphatic hydroxyl groups excluding tert-OH is 1. The van der Waals surface area contributed by atoms with Gasteiger partial charge in [-0.05, 0) is 60.7 Å². The summed E-state index contributed by atoms with van der Waals surface area (Å²) in [6.45, 7) is 0.450. The maximum absolute atomic E-state index is 9.36. The van der Waals surface area contributed by atoms with E-state index in [-0.39, 0.29) is 0 Å². The van der Waals surface area contributed by atoms with Crippen LogP contribution in [-0.4, -0.2) is 11.7 Å². The number of hydrogen-bond donors (Lipinski definition) is 1. The van der Waals surface area contributed by atoms with Gasteiger partial charge in [0.05, 0.1) is 0 Å². The molecule has 0 amide bonds. The number of rotatable bonds is 1. The summed E-state index contributed by atoms with van der Waals surface area (Å²) in [4.78, 5) is 0. The van der Waals surface area contributed by atoms with Gasteiger partial charge in [0.2, 0.25) is 0 Å². The van der Waals surface area contributed by atoms with Crippen molar-refractivity contribution in [2.75, 3.05) is 6.61 Å². The second kappa shape index (κ2) is 2.44. The Morgan fingerprint density at radius 2 is 1.79 bits per heavy atom. The molecule has 0 aliphatic heterocycles. The van der Waals surface area contributed by atoms with Gasteiger partial charge < -0.3 is 5.11 Å². The summed E-state index contributed by atoms with van der Waals surface area (Å²) in [5.74, 6) is 6.35. The van der Waals surface area contributed by atoms with Gasteiger partial charge in [-0.1, -0.05) is 12.2 Å². The Labute approximate surface area is 85.2 Å². The van der Waals surface area contributed by atoms with E-state index in [1.54, 1.807) is 0 Å². The van der Waals surface area contributed by atoms with Gasteiger partial charge >= 0.3 is 0 Å². The predicted octanol–water partition coefficient (Wildman–Crippen LogP) is 2.07.